The van der Waals surface area contributed by atoms with E-state index in [0.29, 0.717) is 29.0 Å². The van der Waals surface area contributed by atoms with E-state index >= 15 is 0 Å². The highest BCUT2D eigenvalue weighted by atomic mass is 35.5. The number of ether oxygens (including phenoxy) is 3. The van der Waals surface area contributed by atoms with E-state index < -0.39 is 0 Å². The van der Waals surface area contributed by atoms with E-state index in [0.717, 1.165) is 24.8 Å². The van der Waals surface area contributed by atoms with Crippen LogP contribution < -0.4 is 14.8 Å². The molecule has 0 unspecified atom stereocenters. The largest absolute Gasteiger partial charge is 0.493 e. The van der Waals surface area contributed by atoms with Crippen LogP contribution in [0.3, 0.4) is 0 Å². The molecule has 2 N–H and O–H groups in total. The fourth-order valence-electron chi connectivity index (χ4n) is 6.60. The molecule has 30 heavy (non-hydrogen) atoms. The SMILES string of the molecule is COc1cc(Cl)cc([C@H]2OCC[C@@]34C[C@@H](C[C@H]23)C(C)(C)[C@H]4NC(=O)CCO)c1OC. The molecule has 4 rings (SSSR count). The minimum atomic E-state index is -0.167. The average Bonchev–Trinajstić information content (AvgIpc) is 3.20. The van der Waals surface area contributed by atoms with Crippen LogP contribution in [0.4, 0.5) is 0 Å². The number of halogens is 1. The summed E-state index contributed by atoms with van der Waals surface area (Å²) in [6, 6.07) is 3.72. The lowest BCUT2D eigenvalue weighted by molar-refractivity contribution is -0.138. The first-order chi connectivity index (χ1) is 14.3. The molecule has 166 valence electrons. The normalized spacial score (nSPS) is 33.8. The van der Waals surface area contributed by atoms with Crippen molar-refractivity contribution in [3.63, 3.8) is 0 Å². The van der Waals surface area contributed by atoms with Crippen molar-refractivity contribution in [1.29, 1.82) is 0 Å². The summed E-state index contributed by atoms with van der Waals surface area (Å²) in [4.78, 5) is 12.5. The molecule has 1 amide bonds. The summed E-state index contributed by atoms with van der Waals surface area (Å²) >= 11 is 6.40. The third kappa shape index (κ3) is 3.19. The van der Waals surface area contributed by atoms with Crippen LogP contribution in [0.1, 0.15) is 51.2 Å². The predicted molar refractivity (Wildman–Crippen MR) is 114 cm³/mol. The Bertz CT molecular complexity index is 828. The highest BCUT2D eigenvalue weighted by Gasteiger charge is 2.68. The van der Waals surface area contributed by atoms with Crippen LogP contribution in [0.25, 0.3) is 0 Å². The van der Waals surface area contributed by atoms with Crippen molar-refractivity contribution >= 4 is 17.5 Å². The van der Waals surface area contributed by atoms with Gasteiger partial charge in [-0.2, -0.15) is 0 Å². The quantitative estimate of drug-likeness (QED) is 0.709. The Morgan fingerprint density at radius 3 is 2.77 bits per heavy atom. The van der Waals surface area contributed by atoms with E-state index in [1.54, 1.807) is 20.3 Å². The molecular formula is C23H32ClNO5. The smallest absolute Gasteiger partial charge is 0.222 e. The first-order valence-corrected chi connectivity index (χ1v) is 11.1. The number of nitrogens with one attached hydrogen (secondary N) is 1. The van der Waals surface area contributed by atoms with Crippen molar-refractivity contribution in [3.05, 3.63) is 22.7 Å². The van der Waals surface area contributed by atoms with E-state index in [9.17, 15) is 9.90 Å². The zero-order chi connectivity index (χ0) is 21.7. The molecule has 5 atom stereocenters. The molecule has 7 heteroatoms. The molecule has 6 nitrogen and oxygen atoms in total. The molecule has 2 aliphatic carbocycles. The van der Waals surface area contributed by atoms with Crippen LogP contribution in [-0.4, -0.2) is 44.5 Å². The average molecular weight is 438 g/mol. The summed E-state index contributed by atoms with van der Waals surface area (Å²) < 4.78 is 17.6. The Labute approximate surface area is 183 Å². The molecule has 0 radical (unpaired) electrons. The fraction of sp³-hybridized carbons (Fsp3) is 0.696. The maximum atomic E-state index is 12.5. The standard InChI is InChI=1S/C23H32ClNO5/c1-22(2)13-9-16-19(15-10-14(24)11-17(28-3)20(15)29-4)30-8-6-23(16,12-13)21(22)25-18(27)5-7-26/h10-11,13,16,19,21,26H,5-9,12H2,1-4H3,(H,25,27)/t13-,16-,19-,21-,23-/m1/s1. The third-order valence-corrected chi connectivity index (χ3v) is 8.15. The van der Waals surface area contributed by atoms with Gasteiger partial charge in [0.15, 0.2) is 11.5 Å². The molecule has 2 saturated carbocycles. The van der Waals surface area contributed by atoms with Crippen molar-refractivity contribution in [2.45, 2.75) is 51.7 Å². The van der Waals surface area contributed by atoms with Gasteiger partial charge in [-0.1, -0.05) is 25.4 Å². The van der Waals surface area contributed by atoms with E-state index in [4.69, 9.17) is 25.8 Å². The van der Waals surface area contributed by atoms with Gasteiger partial charge in [0.1, 0.15) is 0 Å². The molecule has 1 aromatic carbocycles. The predicted octanol–water partition coefficient (Wildman–Crippen LogP) is 3.74. The van der Waals surface area contributed by atoms with Crippen LogP contribution in [0, 0.1) is 22.7 Å². The van der Waals surface area contributed by atoms with Gasteiger partial charge in [0.25, 0.3) is 0 Å². The van der Waals surface area contributed by atoms with Crippen LogP contribution in [0.15, 0.2) is 12.1 Å². The summed E-state index contributed by atoms with van der Waals surface area (Å²) in [7, 11) is 3.24. The molecule has 2 bridgehead atoms. The number of benzene rings is 1. The summed E-state index contributed by atoms with van der Waals surface area (Å²) in [5, 5.41) is 13.1. The monoisotopic (exact) mass is 437 g/mol. The number of fused-ring (bicyclic) bond motifs is 1. The Kier molecular flexibility index (Phi) is 5.71. The van der Waals surface area contributed by atoms with Gasteiger partial charge in [0.2, 0.25) is 5.91 Å². The number of amides is 1. The maximum absolute atomic E-state index is 12.5. The first kappa shape index (κ1) is 21.7. The minimum Gasteiger partial charge on any atom is -0.493 e. The van der Waals surface area contributed by atoms with E-state index in [1.165, 1.54) is 0 Å². The van der Waals surface area contributed by atoms with Crippen molar-refractivity contribution in [3.8, 4) is 11.5 Å². The highest BCUT2D eigenvalue weighted by Crippen LogP contribution is 2.71. The second-order valence-electron chi connectivity index (χ2n) is 9.54. The third-order valence-electron chi connectivity index (χ3n) is 7.93. The Balaban J connectivity index is 1.73. The number of rotatable bonds is 6. The zero-order valence-electron chi connectivity index (χ0n) is 18.2. The maximum Gasteiger partial charge on any atom is 0.222 e. The van der Waals surface area contributed by atoms with Crippen molar-refractivity contribution in [1.82, 2.24) is 5.32 Å². The zero-order valence-corrected chi connectivity index (χ0v) is 18.9. The number of methoxy groups -OCH3 is 2. The number of hydrogen-bond donors (Lipinski definition) is 2. The summed E-state index contributed by atoms with van der Waals surface area (Å²) in [5.41, 5.74) is 0.874. The Hall–Kier alpha value is -1.50. The molecule has 1 spiro atoms. The van der Waals surface area contributed by atoms with E-state index in [-0.39, 0.29) is 47.8 Å². The number of carbonyl (C=O) groups is 1. The van der Waals surface area contributed by atoms with Gasteiger partial charge in [0.05, 0.1) is 26.9 Å². The second kappa shape index (κ2) is 7.88. The van der Waals surface area contributed by atoms with Crippen molar-refractivity contribution in [2.75, 3.05) is 27.4 Å². The minimum absolute atomic E-state index is 0.000382. The van der Waals surface area contributed by atoms with E-state index in [2.05, 4.69) is 19.2 Å². The van der Waals surface area contributed by atoms with Crippen molar-refractivity contribution < 1.29 is 24.1 Å². The van der Waals surface area contributed by atoms with Gasteiger partial charge in [-0.25, -0.2) is 0 Å². The molecule has 1 saturated heterocycles. The molecule has 0 aromatic heterocycles. The topological polar surface area (TPSA) is 77.0 Å². The first-order valence-electron chi connectivity index (χ1n) is 10.7. The van der Waals surface area contributed by atoms with Crippen LogP contribution in [-0.2, 0) is 9.53 Å². The van der Waals surface area contributed by atoms with Gasteiger partial charge >= 0.3 is 0 Å². The van der Waals surface area contributed by atoms with Crippen LogP contribution >= 0.6 is 11.6 Å². The lowest BCUT2D eigenvalue weighted by atomic mass is 9.58. The van der Waals surface area contributed by atoms with Crippen LogP contribution in [0.5, 0.6) is 11.5 Å². The van der Waals surface area contributed by atoms with Gasteiger partial charge in [-0.05, 0) is 48.0 Å². The van der Waals surface area contributed by atoms with Crippen molar-refractivity contribution in [2.24, 2.45) is 22.7 Å². The second-order valence-corrected chi connectivity index (χ2v) is 9.98. The highest BCUT2D eigenvalue weighted by molar-refractivity contribution is 6.30. The summed E-state index contributed by atoms with van der Waals surface area (Å²) in [6.45, 7) is 5.01. The molecule has 1 aliphatic heterocycles. The molecule has 1 aromatic rings. The Morgan fingerprint density at radius 1 is 1.33 bits per heavy atom. The number of aliphatic hydroxyl groups is 1. The van der Waals surface area contributed by atoms with Gasteiger partial charge < -0.3 is 24.6 Å². The molecule has 1 heterocycles. The molecule has 3 aliphatic rings. The fourth-order valence-corrected chi connectivity index (χ4v) is 6.82. The molecule has 3 fully saturated rings. The van der Waals surface area contributed by atoms with Gasteiger partial charge in [-0.3, -0.25) is 4.79 Å². The van der Waals surface area contributed by atoms with Gasteiger partial charge in [-0.15, -0.1) is 0 Å². The van der Waals surface area contributed by atoms with Gasteiger partial charge in [0, 0.05) is 35.7 Å². The Morgan fingerprint density at radius 2 is 2.10 bits per heavy atom. The summed E-state index contributed by atoms with van der Waals surface area (Å²) in [6.07, 6.45) is 3.01. The van der Waals surface area contributed by atoms with Crippen LogP contribution in [0.2, 0.25) is 5.02 Å². The number of aliphatic hydroxyl groups excluding tert-OH is 1. The summed E-state index contributed by atoms with van der Waals surface area (Å²) in [5.74, 6) is 1.92. The number of hydrogen-bond acceptors (Lipinski definition) is 5. The molecular weight excluding hydrogens is 406 g/mol. The lowest BCUT2D eigenvalue weighted by Crippen LogP contribution is -2.59. The van der Waals surface area contributed by atoms with E-state index in [1.807, 2.05) is 6.07 Å². The lowest BCUT2D eigenvalue weighted by Gasteiger charge is -2.53. The number of carbonyl (C=O) groups excluding carboxylic acids is 1.